The standard InChI is InChI=1S/C3H2Cl2N3/c4-3-1-2-6-8(5)7-3/h1,6H. The maximum absolute atomic E-state index is 5.38. The van der Waals surface area contributed by atoms with Crippen LogP contribution in [0.2, 0.25) is 0 Å². The van der Waals surface area contributed by atoms with Crippen LogP contribution in [-0.4, -0.2) is 9.81 Å². The van der Waals surface area contributed by atoms with E-state index >= 15 is 0 Å². The van der Waals surface area contributed by atoms with E-state index in [-0.39, 0.29) is 0 Å². The Bertz CT molecular complexity index is 141. The zero-order valence-corrected chi connectivity index (χ0v) is 5.24. The van der Waals surface area contributed by atoms with Crippen LogP contribution in [0.15, 0.2) is 11.2 Å². The van der Waals surface area contributed by atoms with E-state index < -0.39 is 0 Å². The van der Waals surface area contributed by atoms with Crippen LogP contribution in [0.3, 0.4) is 0 Å². The van der Waals surface area contributed by atoms with Crippen molar-refractivity contribution in [1.82, 2.24) is 10.1 Å². The van der Waals surface area contributed by atoms with Gasteiger partial charge >= 0.3 is 0 Å². The van der Waals surface area contributed by atoms with Crippen molar-refractivity contribution in [3.05, 3.63) is 12.3 Å². The molecule has 0 aromatic rings. The summed E-state index contributed by atoms with van der Waals surface area (Å²) in [5.41, 5.74) is 2.43. The van der Waals surface area contributed by atoms with Crippen LogP contribution < -0.4 is 5.43 Å². The molecule has 0 aromatic carbocycles. The van der Waals surface area contributed by atoms with Crippen molar-refractivity contribution in [2.45, 2.75) is 0 Å². The first-order chi connectivity index (χ1) is 3.79. The monoisotopic (exact) mass is 150 g/mol. The van der Waals surface area contributed by atoms with Crippen LogP contribution in [-0.2, 0) is 0 Å². The number of nitrogens with one attached hydrogen (secondary N) is 1. The minimum Gasteiger partial charge on any atom is -0.265 e. The van der Waals surface area contributed by atoms with Crippen molar-refractivity contribution in [3.8, 4) is 0 Å². The van der Waals surface area contributed by atoms with Crippen LogP contribution in [0.4, 0.5) is 0 Å². The number of rotatable bonds is 0. The molecule has 0 aliphatic carbocycles. The molecule has 5 heteroatoms. The molecule has 1 rings (SSSR count). The predicted molar refractivity (Wildman–Crippen MR) is 31.9 cm³/mol. The van der Waals surface area contributed by atoms with Gasteiger partial charge in [0.1, 0.15) is 0 Å². The SMILES string of the molecule is ClC1=NN(Cl)N[C]=C1. The highest BCUT2D eigenvalue weighted by Crippen LogP contribution is 1.98. The Labute approximate surface area is 56.6 Å². The minimum atomic E-state index is 0.304. The van der Waals surface area contributed by atoms with E-state index in [0.29, 0.717) is 5.17 Å². The first-order valence-corrected chi connectivity index (χ1v) is 2.55. The molecule has 0 spiro atoms. The summed E-state index contributed by atoms with van der Waals surface area (Å²) in [5, 5.41) is 3.84. The second-order valence-corrected chi connectivity index (χ2v) is 1.79. The molecule has 1 aliphatic heterocycles. The van der Waals surface area contributed by atoms with E-state index in [0.717, 1.165) is 4.64 Å². The van der Waals surface area contributed by atoms with Crippen molar-refractivity contribution in [1.29, 1.82) is 0 Å². The lowest BCUT2D eigenvalue weighted by Gasteiger charge is -2.09. The number of nitrogens with zero attached hydrogens (tertiary/aromatic N) is 2. The fraction of sp³-hybridized carbons (Fsp3) is 0. The third kappa shape index (κ3) is 1.28. The number of halogens is 2. The summed E-state index contributed by atoms with van der Waals surface area (Å²) < 4.78 is 0.947. The molecule has 0 unspecified atom stereocenters. The number of hydrogen-bond donors (Lipinski definition) is 1. The molecule has 1 N–H and O–H groups in total. The molecular weight excluding hydrogens is 149 g/mol. The van der Waals surface area contributed by atoms with Crippen LogP contribution in [0.1, 0.15) is 0 Å². The van der Waals surface area contributed by atoms with E-state index in [4.69, 9.17) is 23.4 Å². The van der Waals surface area contributed by atoms with E-state index in [1.807, 2.05) is 0 Å². The smallest absolute Gasteiger partial charge is 0.154 e. The quantitative estimate of drug-likeness (QED) is 0.519. The van der Waals surface area contributed by atoms with Gasteiger partial charge in [-0.1, -0.05) is 11.6 Å². The lowest BCUT2D eigenvalue weighted by molar-refractivity contribution is 0.403. The summed E-state index contributed by atoms with van der Waals surface area (Å²) in [6.45, 7) is 0. The first kappa shape index (κ1) is 5.72. The number of hydrogen-bond acceptors (Lipinski definition) is 3. The molecule has 0 aromatic heterocycles. The van der Waals surface area contributed by atoms with Gasteiger partial charge < -0.3 is 0 Å². The van der Waals surface area contributed by atoms with Crippen LogP contribution in [0, 0.1) is 6.20 Å². The number of hydrazine groups is 1. The lowest BCUT2D eigenvalue weighted by Crippen LogP contribution is -2.23. The van der Waals surface area contributed by atoms with Crippen LogP contribution in [0.5, 0.6) is 0 Å². The Morgan fingerprint density at radius 1 is 1.88 bits per heavy atom. The molecule has 0 fully saturated rings. The predicted octanol–water partition coefficient (Wildman–Crippen LogP) is 0.830. The fourth-order valence-corrected chi connectivity index (χ4v) is 0.582. The largest absolute Gasteiger partial charge is 0.265 e. The normalized spacial score (nSPS) is 17.8. The zero-order chi connectivity index (χ0) is 5.98. The maximum atomic E-state index is 5.38. The molecule has 43 valence electrons. The fourth-order valence-electron chi connectivity index (χ4n) is 0.283. The van der Waals surface area contributed by atoms with E-state index in [1.54, 1.807) is 0 Å². The zero-order valence-electron chi connectivity index (χ0n) is 3.73. The molecule has 0 saturated heterocycles. The van der Waals surface area contributed by atoms with Gasteiger partial charge in [-0.25, -0.2) is 0 Å². The Kier molecular flexibility index (Phi) is 1.60. The highest BCUT2D eigenvalue weighted by molar-refractivity contribution is 6.68. The maximum Gasteiger partial charge on any atom is 0.154 e. The van der Waals surface area contributed by atoms with Crippen LogP contribution in [0.25, 0.3) is 0 Å². The summed E-state index contributed by atoms with van der Waals surface area (Å²) >= 11 is 10.7. The second kappa shape index (κ2) is 2.24. The Morgan fingerprint density at radius 2 is 2.62 bits per heavy atom. The van der Waals surface area contributed by atoms with Gasteiger partial charge in [-0.05, 0) is 0 Å². The van der Waals surface area contributed by atoms with Gasteiger partial charge in [-0.2, -0.15) is 0 Å². The lowest BCUT2D eigenvalue weighted by atomic mass is 10.6. The van der Waals surface area contributed by atoms with Crippen LogP contribution >= 0.6 is 23.4 Å². The van der Waals surface area contributed by atoms with Crippen molar-refractivity contribution in [2.24, 2.45) is 5.10 Å². The highest BCUT2D eigenvalue weighted by atomic mass is 35.5. The van der Waals surface area contributed by atoms with Gasteiger partial charge in [-0.3, -0.25) is 5.43 Å². The Balaban J connectivity index is 2.63. The van der Waals surface area contributed by atoms with Gasteiger partial charge in [0, 0.05) is 6.08 Å². The average molecular weight is 151 g/mol. The van der Waals surface area contributed by atoms with Gasteiger partial charge in [0.25, 0.3) is 0 Å². The third-order valence-electron chi connectivity index (χ3n) is 0.531. The second-order valence-electron chi connectivity index (χ2n) is 1.08. The Hall–Kier alpha value is -0.410. The summed E-state index contributed by atoms with van der Waals surface area (Å²) in [5.74, 6) is 0. The minimum absolute atomic E-state index is 0.304. The molecular formula is C3H2Cl2N3. The summed E-state index contributed by atoms with van der Waals surface area (Å²) in [4.78, 5) is 0. The highest BCUT2D eigenvalue weighted by Gasteiger charge is 1.98. The molecule has 0 amide bonds. The molecule has 0 atom stereocenters. The molecule has 1 aliphatic rings. The molecule has 0 bridgehead atoms. The first-order valence-electron chi connectivity index (χ1n) is 1.83. The van der Waals surface area contributed by atoms with Gasteiger partial charge in [-0.15, -0.1) is 9.74 Å². The summed E-state index contributed by atoms with van der Waals surface area (Å²) in [6.07, 6.45) is 4.01. The molecule has 1 radical (unpaired) electrons. The van der Waals surface area contributed by atoms with Crippen molar-refractivity contribution in [2.75, 3.05) is 0 Å². The van der Waals surface area contributed by atoms with E-state index in [1.165, 1.54) is 6.08 Å². The molecule has 3 nitrogen and oxygen atoms in total. The van der Waals surface area contributed by atoms with Gasteiger partial charge in [0.2, 0.25) is 0 Å². The van der Waals surface area contributed by atoms with E-state index in [9.17, 15) is 0 Å². The van der Waals surface area contributed by atoms with Gasteiger partial charge in [0.15, 0.2) is 5.17 Å². The van der Waals surface area contributed by atoms with E-state index in [2.05, 4.69) is 16.7 Å². The number of hydrazone groups is 1. The summed E-state index contributed by atoms with van der Waals surface area (Å²) in [7, 11) is 0. The Morgan fingerprint density at radius 3 is 3.00 bits per heavy atom. The molecule has 8 heavy (non-hydrogen) atoms. The summed E-state index contributed by atoms with van der Waals surface area (Å²) in [6, 6.07) is 0. The van der Waals surface area contributed by atoms with Crippen molar-refractivity contribution >= 4 is 28.5 Å². The van der Waals surface area contributed by atoms with Gasteiger partial charge in [0.05, 0.1) is 18.0 Å². The van der Waals surface area contributed by atoms with Crippen molar-refractivity contribution in [3.63, 3.8) is 0 Å². The molecule has 0 saturated carbocycles. The van der Waals surface area contributed by atoms with Crippen molar-refractivity contribution < 1.29 is 0 Å². The molecule has 1 heterocycles. The topological polar surface area (TPSA) is 27.6 Å². The number of allylic oxidation sites excluding steroid dienone is 1. The average Bonchev–Trinajstić information content (AvgIpc) is 1.64. The third-order valence-corrected chi connectivity index (χ3v) is 0.876.